The molecule has 6 nitrogen and oxygen atoms in total. The summed E-state index contributed by atoms with van der Waals surface area (Å²) in [7, 11) is 0. The summed E-state index contributed by atoms with van der Waals surface area (Å²) in [5, 5.41) is 10.9. The summed E-state index contributed by atoms with van der Waals surface area (Å²) in [5.41, 5.74) is 0.986. The first-order valence-electron chi connectivity index (χ1n) is 6.38. The first kappa shape index (κ1) is 14.9. The van der Waals surface area contributed by atoms with Crippen LogP contribution in [0.15, 0.2) is 22.7 Å². The minimum absolute atomic E-state index is 0.0878. The Labute approximate surface area is 125 Å². The molecule has 7 heteroatoms. The van der Waals surface area contributed by atoms with Gasteiger partial charge in [-0.3, -0.25) is 19.8 Å². The number of amides is 1. The molecule has 1 aliphatic heterocycles. The first-order valence-corrected chi connectivity index (χ1v) is 7.18. The van der Waals surface area contributed by atoms with Crippen molar-refractivity contribution in [3.8, 4) is 0 Å². The number of benzene rings is 1. The molecule has 1 saturated heterocycles. The molecule has 1 amide bonds. The molecular formula is C13H16BrN3O3. The third kappa shape index (κ3) is 3.34. The zero-order valence-corrected chi connectivity index (χ0v) is 12.8. The minimum atomic E-state index is -0.388. The predicted molar refractivity (Wildman–Crippen MR) is 78.3 cm³/mol. The van der Waals surface area contributed by atoms with Gasteiger partial charge in [0.1, 0.15) is 0 Å². The van der Waals surface area contributed by atoms with Gasteiger partial charge in [-0.25, -0.2) is 0 Å². The number of nitro groups is 1. The zero-order chi connectivity index (χ0) is 14.7. The van der Waals surface area contributed by atoms with Gasteiger partial charge in [0, 0.05) is 45.7 Å². The summed E-state index contributed by atoms with van der Waals surface area (Å²) < 4.78 is 0.541. The molecule has 0 unspecified atom stereocenters. The SMILES string of the molecule is CC(=O)N1CCN(Cc2cccc([N+](=O)[O-])c2Br)CC1. The summed E-state index contributed by atoms with van der Waals surface area (Å²) in [6.07, 6.45) is 0. The Morgan fingerprint density at radius 2 is 2.00 bits per heavy atom. The van der Waals surface area contributed by atoms with Gasteiger partial charge in [-0.05, 0) is 21.5 Å². The van der Waals surface area contributed by atoms with Crippen LogP contribution in [0.1, 0.15) is 12.5 Å². The molecule has 0 aliphatic carbocycles. The van der Waals surface area contributed by atoms with Crippen LogP contribution in [0.3, 0.4) is 0 Å². The lowest BCUT2D eigenvalue weighted by molar-refractivity contribution is -0.385. The first-order chi connectivity index (χ1) is 9.49. The van der Waals surface area contributed by atoms with Crippen molar-refractivity contribution in [3.05, 3.63) is 38.3 Å². The molecule has 1 aromatic carbocycles. The van der Waals surface area contributed by atoms with Crippen molar-refractivity contribution in [3.63, 3.8) is 0 Å². The van der Waals surface area contributed by atoms with Gasteiger partial charge < -0.3 is 4.90 Å². The van der Waals surface area contributed by atoms with Crippen molar-refractivity contribution >= 4 is 27.5 Å². The van der Waals surface area contributed by atoms with Gasteiger partial charge in [-0.1, -0.05) is 12.1 Å². The van der Waals surface area contributed by atoms with Crippen molar-refractivity contribution in [1.82, 2.24) is 9.80 Å². The van der Waals surface area contributed by atoms with Crippen LogP contribution in [0.2, 0.25) is 0 Å². The second-order valence-electron chi connectivity index (χ2n) is 4.79. The number of nitro benzene ring substituents is 1. The summed E-state index contributed by atoms with van der Waals surface area (Å²) in [6.45, 7) is 5.22. The molecule has 0 N–H and O–H groups in total. The Morgan fingerprint density at radius 3 is 2.55 bits per heavy atom. The molecule has 0 atom stereocenters. The van der Waals surface area contributed by atoms with E-state index in [1.54, 1.807) is 13.0 Å². The summed E-state index contributed by atoms with van der Waals surface area (Å²) in [4.78, 5) is 25.8. The van der Waals surface area contributed by atoms with E-state index in [0.717, 1.165) is 18.7 Å². The van der Waals surface area contributed by atoms with Gasteiger partial charge in [-0.2, -0.15) is 0 Å². The standard InChI is InChI=1S/C13H16BrN3O3/c1-10(18)16-7-5-15(6-8-16)9-11-3-2-4-12(13(11)14)17(19)20/h2-4H,5-9H2,1H3. The topological polar surface area (TPSA) is 66.7 Å². The number of carbonyl (C=O) groups excluding carboxylic acids is 1. The number of nitrogens with zero attached hydrogens (tertiary/aromatic N) is 3. The Balaban J connectivity index is 2.03. The molecule has 0 bridgehead atoms. The van der Waals surface area contributed by atoms with Crippen LogP contribution < -0.4 is 0 Å². The number of halogens is 1. The Morgan fingerprint density at radius 1 is 1.35 bits per heavy atom. The van der Waals surface area contributed by atoms with Gasteiger partial charge in [0.25, 0.3) is 5.69 Å². The second kappa shape index (κ2) is 6.32. The van der Waals surface area contributed by atoms with Crippen LogP contribution in [0.4, 0.5) is 5.69 Å². The van der Waals surface area contributed by atoms with E-state index in [9.17, 15) is 14.9 Å². The van der Waals surface area contributed by atoms with Gasteiger partial charge in [0.2, 0.25) is 5.91 Å². The fourth-order valence-corrected chi connectivity index (χ4v) is 2.83. The second-order valence-corrected chi connectivity index (χ2v) is 5.58. The zero-order valence-electron chi connectivity index (χ0n) is 11.2. The quantitative estimate of drug-likeness (QED) is 0.623. The fraction of sp³-hybridized carbons (Fsp3) is 0.462. The number of hydrogen-bond acceptors (Lipinski definition) is 4. The molecule has 0 spiro atoms. The highest BCUT2D eigenvalue weighted by Gasteiger charge is 2.21. The lowest BCUT2D eigenvalue weighted by Gasteiger charge is -2.34. The molecule has 0 saturated carbocycles. The molecule has 20 heavy (non-hydrogen) atoms. The third-order valence-electron chi connectivity index (χ3n) is 3.47. The lowest BCUT2D eigenvalue weighted by Crippen LogP contribution is -2.47. The predicted octanol–water partition coefficient (Wildman–Crippen LogP) is 2.02. The van der Waals surface area contributed by atoms with Crippen LogP contribution in [0.25, 0.3) is 0 Å². The Bertz CT molecular complexity index is 528. The molecule has 1 aromatic rings. The third-order valence-corrected chi connectivity index (χ3v) is 4.38. The van der Waals surface area contributed by atoms with E-state index in [4.69, 9.17) is 0 Å². The van der Waals surface area contributed by atoms with E-state index >= 15 is 0 Å². The van der Waals surface area contributed by atoms with Crippen molar-refractivity contribution in [2.24, 2.45) is 0 Å². The van der Waals surface area contributed by atoms with Crippen LogP contribution in [0, 0.1) is 10.1 Å². The van der Waals surface area contributed by atoms with Crippen LogP contribution >= 0.6 is 15.9 Å². The van der Waals surface area contributed by atoms with Gasteiger partial charge in [-0.15, -0.1) is 0 Å². The van der Waals surface area contributed by atoms with E-state index in [0.29, 0.717) is 24.1 Å². The van der Waals surface area contributed by atoms with Crippen LogP contribution in [-0.2, 0) is 11.3 Å². The summed E-state index contributed by atoms with van der Waals surface area (Å²) >= 11 is 3.31. The maximum atomic E-state index is 11.3. The normalized spacial score (nSPS) is 16.2. The molecule has 1 fully saturated rings. The van der Waals surface area contributed by atoms with Gasteiger partial charge in [0.05, 0.1) is 9.40 Å². The molecule has 1 heterocycles. The average Bonchev–Trinajstić information content (AvgIpc) is 2.41. The summed E-state index contributed by atoms with van der Waals surface area (Å²) in [6, 6.07) is 5.07. The highest BCUT2D eigenvalue weighted by atomic mass is 79.9. The van der Waals surface area contributed by atoms with E-state index in [1.165, 1.54) is 6.07 Å². The highest BCUT2D eigenvalue weighted by Crippen LogP contribution is 2.29. The molecule has 0 radical (unpaired) electrons. The maximum absolute atomic E-state index is 11.3. The molecular weight excluding hydrogens is 326 g/mol. The van der Waals surface area contributed by atoms with E-state index in [2.05, 4.69) is 20.8 Å². The average molecular weight is 342 g/mol. The van der Waals surface area contributed by atoms with Crippen molar-refractivity contribution in [1.29, 1.82) is 0 Å². The molecule has 108 valence electrons. The minimum Gasteiger partial charge on any atom is -0.340 e. The fourth-order valence-electron chi connectivity index (χ4n) is 2.29. The van der Waals surface area contributed by atoms with Crippen molar-refractivity contribution in [2.75, 3.05) is 26.2 Å². The highest BCUT2D eigenvalue weighted by molar-refractivity contribution is 9.10. The monoisotopic (exact) mass is 341 g/mol. The molecule has 1 aliphatic rings. The van der Waals surface area contributed by atoms with Crippen LogP contribution in [-0.4, -0.2) is 46.8 Å². The van der Waals surface area contributed by atoms with Gasteiger partial charge >= 0.3 is 0 Å². The van der Waals surface area contributed by atoms with Crippen LogP contribution in [0.5, 0.6) is 0 Å². The number of carbonyl (C=O) groups is 1. The summed E-state index contributed by atoms with van der Waals surface area (Å²) in [5.74, 6) is 0.0983. The molecule has 0 aromatic heterocycles. The lowest BCUT2D eigenvalue weighted by atomic mass is 10.1. The Kier molecular flexibility index (Phi) is 4.72. The number of piperazine rings is 1. The van der Waals surface area contributed by atoms with Crippen molar-refractivity contribution in [2.45, 2.75) is 13.5 Å². The van der Waals surface area contributed by atoms with E-state index in [-0.39, 0.29) is 16.5 Å². The van der Waals surface area contributed by atoms with Gasteiger partial charge in [0.15, 0.2) is 0 Å². The Hall–Kier alpha value is -1.47. The maximum Gasteiger partial charge on any atom is 0.283 e. The number of hydrogen-bond donors (Lipinski definition) is 0. The number of rotatable bonds is 3. The molecule has 2 rings (SSSR count). The van der Waals surface area contributed by atoms with E-state index in [1.807, 2.05) is 11.0 Å². The van der Waals surface area contributed by atoms with E-state index < -0.39 is 0 Å². The van der Waals surface area contributed by atoms with Crippen molar-refractivity contribution < 1.29 is 9.72 Å². The largest absolute Gasteiger partial charge is 0.340 e. The smallest absolute Gasteiger partial charge is 0.283 e.